The fraction of sp³-hybridized carbons (Fsp3) is 0.400. The van der Waals surface area contributed by atoms with E-state index in [1.807, 2.05) is 42.5 Å². The fourth-order valence-corrected chi connectivity index (χ4v) is 2.40. The van der Waals surface area contributed by atoms with Crippen LogP contribution in [0.5, 0.6) is 5.88 Å². The van der Waals surface area contributed by atoms with Gasteiger partial charge >= 0.3 is 0 Å². The summed E-state index contributed by atoms with van der Waals surface area (Å²) in [4.78, 5) is 8.62. The van der Waals surface area contributed by atoms with Crippen molar-refractivity contribution in [2.75, 3.05) is 13.6 Å². The molecule has 2 aromatic rings. The molecule has 2 N–H and O–H groups in total. The van der Waals surface area contributed by atoms with Crippen molar-refractivity contribution in [1.82, 2.24) is 15.6 Å². The number of unbranched alkanes of at least 4 members (excludes halogenated alkanes) is 2. The van der Waals surface area contributed by atoms with Gasteiger partial charge in [0.1, 0.15) is 6.61 Å². The van der Waals surface area contributed by atoms with Crippen molar-refractivity contribution in [3.8, 4) is 5.88 Å². The third-order valence-corrected chi connectivity index (χ3v) is 3.81. The van der Waals surface area contributed by atoms with E-state index in [9.17, 15) is 0 Å². The molecule has 2 rings (SSSR count). The molecule has 0 fully saturated rings. The largest absolute Gasteiger partial charge is 0.473 e. The van der Waals surface area contributed by atoms with Gasteiger partial charge in [0.05, 0.1) is 0 Å². The number of aliphatic imine (C=N–C) groups is 1. The van der Waals surface area contributed by atoms with Crippen molar-refractivity contribution >= 4 is 5.96 Å². The molecular formula is C20H28N4O. The van der Waals surface area contributed by atoms with Gasteiger partial charge in [0.15, 0.2) is 5.96 Å². The molecule has 1 heterocycles. The first-order valence-electron chi connectivity index (χ1n) is 8.88. The zero-order valence-corrected chi connectivity index (χ0v) is 15.2. The molecule has 0 amide bonds. The highest BCUT2D eigenvalue weighted by molar-refractivity contribution is 5.79. The summed E-state index contributed by atoms with van der Waals surface area (Å²) in [7, 11) is 1.78. The topological polar surface area (TPSA) is 58.5 Å². The van der Waals surface area contributed by atoms with Gasteiger partial charge in [-0.05, 0) is 18.1 Å². The third kappa shape index (κ3) is 6.83. The number of hydrogen-bond acceptors (Lipinski definition) is 3. The highest BCUT2D eigenvalue weighted by Crippen LogP contribution is 2.15. The molecule has 25 heavy (non-hydrogen) atoms. The SMILES string of the molecule is CCCCCNC(=NC)NCc1cccnc1OCc1ccccc1. The Morgan fingerprint density at radius 2 is 1.92 bits per heavy atom. The molecule has 0 saturated heterocycles. The van der Waals surface area contributed by atoms with Crippen molar-refractivity contribution < 1.29 is 4.74 Å². The zero-order chi connectivity index (χ0) is 17.7. The lowest BCUT2D eigenvalue weighted by atomic mass is 10.2. The van der Waals surface area contributed by atoms with Gasteiger partial charge in [0.25, 0.3) is 0 Å². The molecule has 0 atom stereocenters. The van der Waals surface area contributed by atoms with Crippen LogP contribution in [0.25, 0.3) is 0 Å². The van der Waals surface area contributed by atoms with Gasteiger partial charge in [-0.1, -0.05) is 56.2 Å². The van der Waals surface area contributed by atoms with E-state index in [0.717, 1.165) is 30.1 Å². The minimum absolute atomic E-state index is 0.509. The average Bonchev–Trinajstić information content (AvgIpc) is 2.67. The summed E-state index contributed by atoms with van der Waals surface area (Å²) in [5, 5.41) is 6.65. The molecule has 0 aliphatic rings. The van der Waals surface area contributed by atoms with E-state index in [2.05, 4.69) is 27.5 Å². The molecular weight excluding hydrogens is 312 g/mol. The second-order valence-corrected chi connectivity index (χ2v) is 5.80. The lowest BCUT2D eigenvalue weighted by Crippen LogP contribution is -2.37. The first-order chi connectivity index (χ1) is 12.3. The predicted octanol–water partition coefficient (Wildman–Crippen LogP) is 3.52. The van der Waals surface area contributed by atoms with E-state index in [1.165, 1.54) is 12.8 Å². The molecule has 134 valence electrons. The van der Waals surface area contributed by atoms with Crippen LogP contribution in [-0.2, 0) is 13.2 Å². The number of ether oxygens (including phenoxy) is 1. The maximum Gasteiger partial charge on any atom is 0.218 e. The second-order valence-electron chi connectivity index (χ2n) is 5.80. The first kappa shape index (κ1) is 18.8. The van der Waals surface area contributed by atoms with Crippen LogP contribution in [0.2, 0.25) is 0 Å². The van der Waals surface area contributed by atoms with Gasteiger partial charge in [-0.15, -0.1) is 0 Å². The molecule has 0 saturated carbocycles. The zero-order valence-electron chi connectivity index (χ0n) is 15.2. The van der Waals surface area contributed by atoms with Gasteiger partial charge in [-0.25, -0.2) is 4.98 Å². The first-order valence-corrected chi connectivity index (χ1v) is 8.88. The number of aromatic nitrogens is 1. The van der Waals surface area contributed by atoms with Crippen molar-refractivity contribution in [3.05, 3.63) is 59.8 Å². The van der Waals surface area contributed by atoms with E-state index in [4.69, 9.17) is 4.74 Å². The smallest absolute Gasteiger partial charge is 0.218 e. The summed E-state index contributed by atoms with van der Waals surface area (Å²) in [6.07, 6.45) is 5.34. The number of nitrogens with one attached hydrogen (secondary N) is 2. The van der Waals surface area contributed by atoms with Gasteiger partial charge in [0, 0.05) is 31.9 Å². The molecule has 0 radical (unpaired) electrons. The van der Waals surface area contributed by atoms with Gasteiger partial charge < -0.3 is 15.4 Å². The molecule has 1 aromatic heterocycles. The molecule has 5 heteroatoms. The number of guanidine groups is 1. The summed E-state index contributed by atoms with van der Waals surface area (Å²) in [6, 6.07) is 14.0. The van der Waals surface area contributed by atoms with Crippen LogP contribution in [0, 0.1) is 0 Å². The van der Waals surface area contributed by atoms with Gasteiger partial charge in [-0.3, -0.25) is 4.99 Å². The number of hydrogen-bond donors (Lipinski definition) is 2. The molecule has 0 unspecified atom stereocenters. The van der Waals surface area contributed by atoms with E-state index >= 15 is 0 Å². The van der Waals surface area contributed by atoms with Crippen LogP contribution in [-0.4, -0.2) is 24.5 Å². The molecule has 0 bridgehead atoms. The number of nitrogens with zero attached hydrogens (tertiary/aromatic N) is 2. The lowest BCUT2D eigenvalue weighted by Gasteiger charge is -2.14. The van der Waals surface area contributed by atoms with Crippen LogP contribution in [0.4, 0.5) is 0 Å². The molecule has 1 aromatic carbocycles. The summed E-state index contributed by atoms with van der Waals surface area (Å²) in [6.45, 7) is 4.25. The molecule has 0 aliphatic carbocycles. The average molecular weight is 340 g/mol. The Bertz CT molecular complexity index is 643. The Hall–Kier alpha value is -2.56. The molecule has 0 aliphatic heterocycles. The minimum atomic E-state index is 0.509. The number of benzene rings is 1. The Balaban J connectivity index is 1.86. The second kappa shape index (κ2) is 11.1. The molecule has 5 nitrogen and oxygen atoms in total. The van der Waals surface area contributed by atoms with Crippen LogP contribution in [0.3, 0.4) is 0 Å². The number of rotatable bonds is 9. The standard InChI is InChI=1S/C20H28N4O/c1-3-4-8-13-23-20(21-2)24-15-18-12-9-14-22-19(18)25-16-17-10-6-5-7-11-17/h5-7,9-12,14H,3-4,8,13,15-16H2,1-2H3,(H2,21,23,24). The molecule has 0 spiro atoms. The lowest BCUT2D eigenvalue weighted by molar-refractivity contribution is 0.290. The predicted molar refractivity (Wildman–Crippen MR) is 103 cm³/mol. The highest BCUT2D eigenvalue weighted by atomic mass is 16.5. The van der Waals surface area contributed by atoms with Crippen molar-refractivity contribution in [3.63, 3.8) is 0 Å². The Morgan fingerprint density at radius 1 is 1.08 bits per heavy atom. The number of pyridine rings is 1. The highest BCUT2D eigenvalue weighted by Gasteiger charge is 2.06. The van der Waals surface area contributed by atoms with Crippen molar-refractivity contribution in [2.45, 2.75) is 39.3 Å². The summed E-state index contributed by atoms with van der Waals surface area (Å²) >= 11 is 0. The van der Waals surface area contributed by atoms with Gasteiger partial charge in [0.2, 0.25) is 5.88 Å². The third-order valence-electron chi connectivity index (χ3n) is 3.81. The minimum Gasteiger partial charge on any atom is -0.473 e. The quantitative estimate of drug-likeness (QED) is 0.417. The Kier molecular flexibility index (Phi) is 8.32. The van der Waals surface area contributed by atoms with Crippen LogP contribution < -0.4 is 15.4 Å². The van der Waals surface area contributed by atoms with Crippen LogP contribution in [0.1, 0.15) is 37.3 Å². The van der Waals surface area contributed by atoms with Crippen molar-refractivity contribution in [1.29, 1.82) is 0 Å². The van der Waals surface area contributed by atoms with E-state index in [-0.39, 0.29) is 0 Å². The Morgan fingerprint density at radius 3 is 2.68 bits per heavy atom. The van der Waals surface area contributed by atoms with Gasteiger partial charge in [-0.2, -0.15) is 0 Å². The van der Waals surface area contributed by atoms with Crippen molar-refractivity contribution in [2.24, 2.45) is 4.99 Å². The summed E-state index contributed by atoms with van der Waals surface area (Å²) < 4.78 is 5.89. The Labute approximate surface area is 150 Å². The van der Waals surface area contributed by atoms with Crippen LogP contribution in [0.15, 0.2) is 53.7 Å². The monoisotopic (exact) mass is 340 g/mol. The maximum atomic E-state index is 5.89. The van der Waals surface area contributed by atoms with Crippen LogP contribution >= 0.6 is 0 Å². The fourth-order valence-electron chi connectivity index (χ4n) is 2.40. The summed E-state index contributed by atoms with van der Waals surface area (Å²) in [5.41, 5.74) is 2.13. The van der Waals surface area contributed by atoms with E-state index in [0.29, 0.717) is 19.0 Å². The van der Waals surface area contributed by atoms with E-state index in [1.54, 1.807) is 13.2 Å². The van der Waals surface area contributed by atoms with E-state index < -0.39 is 0 Å². The summed E-state index contributed by atoms with van der Waals surface area (Å²) in [5.74, 6) is 1.45. The maximum absolute atomic E-state index is 5.89. The normalized spacial score (nSPS) is 11.2.